The molecule has 0 bridgehead atoms. The summed E-state index contributed by atoms with van der Waals surface area (Å²) in [4.78, 5) is 12.1. The molecule has 0 spiro atoms. The first-order valence-electron chi connectivity index (χ1n) is 6.34. The molecule has 1 aliphatic rings. The lowest BCUT2D eigenvalue weighted by molar-refractivity contribution is -0.116. The predicted octanol–water partition coefficient (Wildman–Crippen LogP) is 3.08. The number of halogens is 3. The Hall–Kier alpha value is -2.50. The third-order valence-corrected chi connectivity index (χ3v) is 3.34. The maximum absolute atomic E-state index is 13.5. The van der Waals surface area contributed by atoms with Crippen molar-refractivity contribution in [3.8, 4) is 0 Å². The molecule has 0 saturated carbocycles. The minimum atomic E-state index is -1.14. The average Bonchev–Trinajstić information content (AvgIpc) is 2.86. The Bertz CT molecular complexity index is 670. The molecule has 0 unspecified atom stereocenters. The van der Waals surface area contributed by atoms with E-state index in [9.17, 15) is 18.0 Å². The second-order valence-electron chi connectivity index (χ2n) is 4.79. The smallest absolute Gasteiger partial charge is 0.247 e. The zero-order chi connectivity index (χ0) is 15.0. The van der Waals surface area contributed by atoms with E-state index in [1.807, 2.05) is 24.3 Å². The van der Waals surface area contributed by atoms with Gasteiger partial charge < -0.3 is 10.6 Å². The summed E-state index contributed by atoms with van der Waals surface area (Å²) in [5.74, 6) is -3.89. The van der Waals surface area contributed by atoms with E-state index in [-0.39, 0.29) is 0 Å². The summed E-state index contributed by atoms with van der Waals surface area (Å²) < 4.78 is 39.8. The van der Waals surface area contributed by atoms with Gasteiger partial charge in [0, 0.05) is 24.2 Å². The highest BCUT2D eigenvalue weighted by Gasteiger charge is 2.27. The van der Waals surface area contributed by atoms with Crippen LogP contribution in [-0.4, -0.2) is 11.9 Å². The Morgan fingerprint density at radius 2 is 1.81 bits per heavy atom. The van der Waals surface area contributed by atoms with Crippen molar-refractivity contribution in [2.75, 3.05) is 10.6 Å². The number of hydrogen-bond donors (Lipinski definition) is 2. The second-order valence-corrected chi connectivity index (χ2v) is 4.79. The van der Waals surface area contributed by atoms with E-state index in [0.29, 0.717) is 18.6 Å². The van der Waals surface area contributed by atoms with Crippen molar-refractivity contribution in [3.63, 3.8) is 0 Å². The number of hydrogen-bond acceptors (Lipinski definition) is 2. The number of fused-ring (bicyclic) bond motifs is 1. The maximum Gasteiger partial charge on any atom is 0.247 e. The molecule has 2 N–H and O–H groups in total. The van der Waals surface area contributed by atoms with E-state index in [0.717, 1.165) is 11.3 Å². The molecule has 2 aromatic carbocycles. The van der Waals surface area contributed by atoms with Gasteiger partial charge in [-0.25, -0.2) is 13.2 Å². The molecule has 0 aliphatic carbocycles. The molecule has 6 heteroatoms. The first-order valence-corrected chi connectivity index (χ1v) is 6.34. The first kappa shape index (κ1) is 13.5. The number of para-hydroxylation sites is 1. The summed E-state index contributed by atoms with van der Waals surface area (Å²) in [5, 5.41) is 5.14. The van der Waals surface area contributed by atoms with Crippen molar-refractivity contribution in [3.05, 3.63) is 59.4 Å². The zero-order valence-electron chi connectivity index (χ0n) is 10.8. The quantitative estimate of drug-likeness (QED) is 0.893. The van der Waals surface area contributed by atoms with E-state index in [2.05, 4.69) is 10.6 Å². The van der Waals surface area contributed by atoms with Crippen molar-refractivity contribution >= 4 is 17.3 Å². The summed E-state index contributed by atoms with van der Waals surface area (Å²) in [5.41, 5.74) is 1.13. The van der Waals surface area contributed by atoms with Crippen LogP contribution in [0.25, 0.3) is 0 Å². The van der Waals surface area contributed by atoms with E-state index in [1.54, 1.807) is 0 Å². The Balaban J connectivity index is 1.77. The molecular formula is C15H11F3N2O. The number of anilines is 2. The molecule has 0 saturated heterocycles. The Kier molecular flexibility index (Phi) is 3.29. The predicted molar refractivity (Wildman–Crippen MR) is 72.5 cm³/mol. The fourth-order valence-corrected chi connectivity index (χ4v) is 2.33. The van der Waals surface area contributed by atoms with Crippen LogP contribution in [0.3, 0.4) is 0 Å². The van der Waals surface area contributed by atoms with Crippen LogP contribution in [-0.2, 0) is 11.2 Å². The number of nitrogens with one attached hydrogen (secondary N) is 2. The number of carbonyl (C=O) groups is 1. The first-order chi connectivity index (χ1) is 10.0. The van der Waals surface area contributed by atoms with Crippen LogP contribution in [0.2, 0.25) is 0 Å². The van der Waals surface area contributed by atoms with E-state index < -0.39 is 35.1 Å². The fraction of sp³-hybridized carbons (Fsp3) is 0.133. The molecule has 21 heavy (non-hydrogen) atoms. The summed E-state index contributed by atoms with van der Waals surface area (Å²) in [7, 11) is 0. The Labute approximate surface area is 118 Å². The van der Waals surface area contributed by atoms with Gasteiger partial charge in [0.05, 0.1) is 0 Å². The molecule has 0 fully saturated rings. The fourth-order valence-electron chi connectivity index (χ4n) is 2.33. The van der Waals surface area contributed by atoms with Crippen molar-refractivity contribution < 1.29 is 18.0 Å². The van der Waals surface area contributed by atoms with Crippen molar-refractivity contribution in [2.45, 2.75) is 12.5 Å². The summed E-state index contributed by atoms with van der Waals surface area (Å²) in [6.07, 6.45) is 0.423. The number of benzene rings is 2. The third kappa shape index (κ3) is 2.56. The highest BCUT2D eigenvalue weighted by molar-refractivity contribution is 5.98. The van der Waals surface area contributed by atoms with Gasteiger partial charge in [-0.05, 0) is 11.6 Å². The van der Waals surface area contributed by atoms with Crippen LogP contribution in [0.5, 0.6) is 0 Å². The van der Waals surface area contributed by atoms with Gasteiger partial charge in [-0.1, -0.05) is 18.2 Å². The van der Waals surface area contributed by atoms with E-state index in [4.69, 9.17) is 0 Å². The molecule has 108 valence electrons. The number of amides is 1. The van der Waals surface area contributed by atoms with Gasteiger partial charge in [0.1, 0.15) is 17.5 Å². The molecule has 0 aromatic heterocycles. The Morgan fingerprint density at radius 3 is 2.48 bits per heavy atom. The molecule has 3 nitrogen and oxygen atoms in total. The lowest BCUT2D eigenvalue weighted by Crippen LogP contribution is -2.33. The molecule has 1 aliphatic heterocycles. The van der Waals surface area contributed by atoms with Gasteiger partial charge in [0.2, 0.25) is 5.91 Å². The standard InChI is InChI=1S/C15H11F3N2O/c16-9-6-10(17)14(11(18)7-9)20-15(21)13-5-8-3-1-2-4-12(8)19-13/h1-4,6-7,13,19H,5H2,(H,20,21)/t13-/m0/s1. The van der Waals surface area contributed by atoms with E-state index in [1.165, 1.54) is 0 Å². The summed E-state index contributed by atoms with van der Waals surface area (Å²) >= 11 is 0. The van der Waals surface area contributed by atoms with Gasteiger partial charge in [-0.15, -0.1) is 0 Å². The number of rotatable bonds is 2. The molecular weight excluding hydrogens is 281 g/mol. The third-order valence-electron chi connectivity index (χ3n) is 3.34. The lowest BCUT2D eigenvalue weighted by atomic mass is 10.1. The molecule has 2 aromatic rings. The van der Waals surface area contributed by atoms with Crippen molar-refractivity contribution in [1.82, 2.24) is 0 Å². The van der Waals surface area contributed by atoms with Gasteiger partial charge in [-0.2, -0.15) is 0 Å². The minimum absolute atomic E-state index is 0.423. The van der Waals surface area contributed by atoms with Crippen LogP contribution in [0.1, 0.15) is 5.56 Å². The van der Waals surface area contributed by atoms with Gasteiger partial charge >= 0.3 is 0 Å². The summed E-state index contributed by atoms with van der Waals surface area (Å²) in [6, 6.07) is 7.79. The largest absolute Gasteiger partial charge is 0.373 e. The highest BCUT2D eigenvalue weighted by Crippen LogP contribution is 2.27. The van der Waals surface area contributed by atoms with Crippen LogP contribution in [0, 0.1) is 17.5 Å². The maximum atomic E-state index is 13.5. The highest BCUT2D eigenvalue weighted by atomic mass is 19.1. The average molecular weight is 292 g/mol. The van der Waals surface area contributed by atoms with Gasteiger partial charge in [-0.3, -0.25) is 4.79 Å². The van der Waals surface area contributed by atoms with Crippen molar-refractivity contribution in [1.29, 1.82) is 0 Å². The van der Waals surface area contributed by atoms with Crippen LogP contribution in [0.15, 0.2) is 36.4 Å². The SMILES string of the molecule is O=C(Nc1c(F)cc(F)cc1F)[C@@H]1Cc2ccccc2N1. The van der Waals surface area contributed by atoms with E-state index >= 15 is 0 Å². The molecule has 3 rings (SSSR count). The molecule has 1 heterocycles. The zero-order valence-corrected chi connectivity index (χ0v) is 10.8. The van der Waals surface area contributed by atoms with Crippen LogP contribution < -0.4 is 10.6 Å². The molecule has 1 amide bonds. The lowest BCUT2D eigenvalue weighted by Gasteiger charge is -2.13. The molecule has 0 radical (unpaired) electrons. The van der Waals surface area contributed by atoms with Crippen LogP contribution in [0.4, 0.5) is 24.5 Å². The van der Waals surface area contributed by atoms with Gasteiger partial charge in [0.25, 0.3) is 0 Å². The monoisotopic (exact) mass is 292 g/mol. The minimum Gasteiger partial charge on any atom is -0.373 e. The number of carbonyl (C=O) groups excluding carboxylic acids is 1. The normalized spacial score (nSPS) is 16.2. The summed E-state index contributed by atoms with van der Waals surface area (Å²) in [6.45, 7) is 0. The topological polar surface area (TPSA) is 41.1 Å². The van der Waals surface area contributed by atoms with Crippen LogP contribution >= 0.6 is 0 Å². The van der Waals surface area contributed by atoms with Crippen molar-refractivity contribution in [2.24, 2.45) is 0 Å². The Morgan fingerprint density at radius 1 is 1.14 bits per heavy atom. The molecule has 1 atom stereocenters. The second kappa shape index (κ2) is 5.12. The van der Waals surface area contributed by atoms with Gasteiger partial charge in [0.15, 0.2) is 11.6 Å².